The van der Waals surface area contributed by atoms with E-state index in [2.05, 4.69) is 9.97 Å². The molecule has 0 saturated heterocycles. The fourth-order valence-corrected chi connectivity index (χ4v) is 2.94. The Labute approximate surface area is 101 Å². The fraction of sp³-hybridized carbons (Fsp3) is 0.0833. The van der Waals surface area contributed by atoms with Gasteiger partial charge in [0.1, 0.15) is 21.9 Å². The Kier molecular flexibility index (Phi) is 2.09. The van der Waals surface area contributed by atoms with Crippen molar-refractivity contribution in [2.75, 3.05) is 5.73 Å². The Bertz CT molecular complexity index is 795. The Morgan fingerprint density at radius 2 is 2.00 bits per heavy atom. The maximum atomic E-state index is 12.3. The standard InChI is InChI=1S/C12H9N3OS/c1-6-14-11(13)9-10(16)7-4-2-3-5-8(7)17-12(9)15-6/h2-5H,1H3,(H2,13,14,15). The number of aromatic nitrogens is 2. The predicted molar refractivity (Wildman–Crippen MR) is 70.3 cm³/mol. The van der Waals surface area contributed by atoms with Crippen molar-refractivity contribution in [3.8, 4) is 0 Å². The number of hydrogen-bond donors (Lipinski definition) is 1. The number of anilines is 1. The van der Waals surface area contributed by atoms with Gasteiger partial charge in [-0.1, -0.05) is 12.1 Å². The molecule has 1 aromatic carbocycles. The summed E-state index contributed by atoms with van der Waals surface area (Å²) in [5, 5.41) is 1.10. The van der Waals surface area contributed by atoms with Gasteiger partial charge in [0.25, 0.3) is 0 Å². The van der Waals surface area contributed by atoms with E-state index in [1.807, 2.05) is 18.2 Å². The number of benzene rings is 1. The molecule has 0 spiro atoms. The van der Waals surface area contributed by atoms with Crippen LogP contribution in [0.2, 0.25) is 0 Å². The Morgan fingerprint density at radius 1 is 1.24 bits per heavy atom. The molecule has 0 radical (unpaired) electrons. The van der Waals surface area contributed by atoms with Crippen LogP contribution in [0.15, 0.2) is 29.1 Å². The van der Waals surface area contributed by atoms with Crippen molar-refractivity contribution in [3.63, 3.8) is 0 Å². The smallest absolute Gasteiger partial charge is 0.201 e. The molecule has 0 saturated carbocycles. The van der Waals surface area contributed by atoms with Crippen LogP contribution in [0.5, 0.6) is 0 Å². The largest absolute Gasteiger partial charge is 0.383 e. The fourth-order valence-electron chi connectivity index (χ4n) is 1.84. The molecular weight excluding hydrogens is 234 g/mol. The van der Waals surface area contributed by atoms with Gasteiger partial charge in [-0.25, -0.2) is 9.97 Å². The van der Waals surface area contributed by atoms with Gasteiger partial charge in [-0.05, 0) is 19.1 Å². The van der Waals surface area contributed by atoms with Crippen LogP contribution >= 0.6 is 11.3 Å². The third-order valence-corrected chi connectivity index (χ3v) is 3.65. The van der Waals surface area contributed by atoms with Crippen LogP contribution in [0.25, 0.3) is 20.3 Å². The minimum absolute atomic E-state index is 0.0909. The highest BCUT2D eigenvalue weighted by Crippen LogP contribution is 2.25. The number of hydrogen-bond acceptors (Lipinski definition) is 5. The van der Waals surface area contributed by atoms with E-state index in [-0.39, 0.29) is 11.2 Å². The zero-order chi connectivity index (χ0) is 12.0. The van der Waals surface area contributed by atoms with Gasteiger partial charge in [0.2, 0.25) is 5.43 Å². The Morgan fingerprint density at radius 3 is 2.82 bits per heavy atom. The van der Waals surface area contributed by atoms with Gasteiger partial charge in [0.15, 0.2) is 0 Å². The number of aryl methyl sites for hydroxylation is 1. The van der Waals surface area contributed by atoms with E-state index < -0.39 is 0 Å². The summed E-state index contributed by atoms with van der Waals surface area (Å²) in [6, 6.07) is 7.45. The minimum Gasteiger partial charge on any atom is -0.383 e. The first-order valence-corrected chi connectivity index (χ1v) is 5.94. The lowest BCUT2D eigenvalue weighted by Gasteiger charge is -2.03. The molecule has 2 heterocycles. The zero-order valence-electron chi connectivity index (χ0n) is 9.10. The highest BCUT2D eigenvalue weighted by atomic mass is 32.1. The van der Waals surface area contributed by atoms with Crippen molar-refractivity contribution in [1.82, 2.24) is 9.97 Å². The normalized spacial score (nSPS) is 11.1. The second-order valence-corrected chi connectivity index (χ2v) is 4.79. The van der Waals surface area contributed by atoms with Crippen LogP contribution in [0.3, 0.4) is 0 Å². The lowest BCUT2D eigenvalue weighted by atomic mass is 10.2. The van der Waals surface area contributed by atoms with Gasteiger partial charge >= 0.3 is 0 Å². The van der Waals surface area contributed by atoms with Gasteiger partial charge < -0.3 is 5.73 Å². The number of fused-ring (bicyclic) bond motifs is 2. The second-order valence-electron chi connectivity index (χ2n) is 3.76. The predicted octanol–water partition coefficient (Wildman–Crippen LogP) is 2.10. The van der Waals surface area contributed by atoms with Gasteiger partial charge in [0.05, 0.1) is 0 Å². The van der Waals surface area contributed by atoms with Crippen LogP contribution in [-0.4, -0.2) is 9.97 Å². The van der Waals surface area contributed by atoms with Crippen molar-refractivity contribution in [3.05, 3.63) is 40.3 Å². The van der Waals surface area contributed by atoms with E-state index in [0.29, 0.717) is 21.4 Å². The first-order valence-electron chi connectivity index (χ1n) is 5.12. The second kappa shape index (κ2) is 3.49. The first-order chi connectivity index (χ1) is 8.16. The maximum Gasteiger partial charge on any atom is 0.201 e. The van der Waals surface area contributed by atoms with Crippen molar-refractivity contribution in [1.29, 1.82) is 0 Å². The summed E-state index contributed by atoms with van der Waals surface area (Å²) < 4.78 is 0.919. The molecule has 0 amide bonds. The van der Waals surface area contributed by atoms with E-state index in [1.165, 1.54) is 11.3 Å². The van der Waals surface area contributed by atoms with E-state index in [4.69, 9.17) is 5.73 Å². The van der Waals surface area contributed by atoms with E-state index >= 15 is 0 Å². The third kappa shape index (κ3) is 1.47. The molecule has 0 fully saturated rings. The molecule has 84 valence electrons. The summed E-state index contributed by atoms with van der Waals surface area (Å²) in [5.74, 6) is 0.848. The third-order valence-electron chi connectivity index (χ3n) is 2.58. The number of nitrogens with two attached hydrogens (primary N) is 1. The summed E-state index contributed by atoms with van der Waals surface area (Å²) in [7, 11) is 0. The van der Waals surface area contributed by atoms with Crippen LogP contribution in [-0.2, 0) is 0 Å². The van der Waals surface area contributed by atoms with Crippen LogP contribution in [0.1, 0.15) is 5.82 Å². The van der Waals surface area contributed by atoms with E-state index in [9.17, 15) is 4.79 Å². The Balaban J connectivity index is 2.64. The average molecular weight is 243 g/mol. The number of nitrogens with zero attached hydrogens (tertiary/aromatic N) is 2. The maximum absolute atomic E-state index is 12.3. The summed E-state index contributed by atoms with van der Waals surface area (Å²) in [6.45, 7) is 1.77. The summed E-state index contributed by atoms with van der Waals surface area (Å²) >= 11 is 1.46. The minimum atomic E-state index is -0.0909. The summed E-state index contributed by atoms with van der Waals surface area (Å²) in [5.41, 5.74) is 5.71. The molecular formula is C12H9N3OS. The quantitative estimate of drug-likeness (QED) is 0.614. The average Bonchev–Trinajstić information content (AvgIpc) is 2.28. The van der Waals surface area contributed by atoms with Crippen LogP contribution in [0.4, 0.5) is 5.82 Å². The van der Waals surface area contributed by atoms with E-state index in [0.717, 1.165) is 4.70 Å². The van der Waals surface area contributed by atoms with Gasteiger partial charge in [-0.3, -0.25) is 4.79 Å². The molecule has 0 aliphatic heterocycles. The summed E-state index contributed by atoms with van der Waals surface area (Å²) in [4.78, 5) is 21.2. The number of nitrogen functional groups attached to an aromatic ring is 1. The molecule has 0 unspecified atom stereocenters. The molecule has 0 aliphatic rings. The van der Waals surface area contributed by atoms with Crippen molar-refractivity contribution in [2.45, 2.75) is 6.92 Å². The van der Waals surface area contributed by atoms with Gasteiger partial charge in [-0.15, -0.1) is 11.3 Å². The monoisotopic (exact) mass is 243 g/mol. The molecule has 3 rings (SSSR count). The topological polar surface area (TPSA) is 68.9 Å². The molecule has 2 N–H and O–H groups in total. The first kappa shape index (κ1) is 10.2. The van der Waals surface area contributed by atoms with Crippen LogP contribution < -0.4 is 11.2 Å². The molecule has 17 heavy (non-hydrogen) atoms. The summed E-state index contributed by atoms with van der Waals surface area (Å²) in [6.07, 6.45) is 0. The number of rotatable bonds is 0. The van der Waals surface area contributed by atoms with Crippen molar-refractivity contribution < 1.29 is 0 Å². The molecule has 0 atom stereocenters. The van der Waals surface area contributed by atoms with Crippen molar-refractivity contribution >= 4 is 37.5 Å². The SMILES string of the molecule is Cc1nc(N)c2c(=O)c3ccccc3sc2n1. The zero-order valence-corrected chi connectivity index (χ0v) is 9.91. The molecule has 2 aromatic heterocycles. The van der Waals surface area contributed by atoms with Gasteiger partial charge in [0, 0.05) is 10.1 Å². The van der Waals surface area contributed by atoms with Gasteiger partial charge in [-0.2, -0.15) is 0 Å². The molecule has 0 aliphatic carbocycles. The lowest BCUT2D eigenvalue weighted by molar-refractivity contribution is 1.10. The lowest BCUT2D eigenvalue weighted by Crippen LogP contribution is -2.07. The molecule has 5 heteroatoms. The molecule has 4 nitrogen and oxygen atoms in total. The van der Waals surface area contributed by atoms with E-state index in [1.54, 1.807) is 13.0 Å². The Hall–Kier alpha value is -2.01. The van der Waals surface area contributed by atoms with Crippen molar-refractivity contribution in [2.24, 2.45) is 0 Å². The molecule has 0 bridgehead atoms. The highest BCUT2D eigenvalue weighted by Gasteiger charge is 2.10. The van der Waals surface area contributed by atoms with Crippen LogP contribution in [0, 0.1) is 6.92 Å². The molecule has 3 aromatic rings. The highest BCUT2D eigenvalue weighted by molar-refractivity contribution is 7.24.